The van der Waals surface area contributed by atoms with E-state index in [0.29, 0.717) is 11.2 Å². The van der Waals surface area contributed by atoms with Gasteiger partial charge in [-0.1, -0.05) is 6.92 Å². The summed E-state index contributed by atoms with van der Waals surface area (Å²) in [6.07, 6.45) is 0. The molecular formula is C13H14N2O4. The van der Waals surface area contributed by atoms with Crippen molar-refractivity contribution in [2.75, 3.05) is 6.54 Å². The van der Waals surface area contributed by atoms with Crippen molar-refractivity contribution in [3.8, 4) is 5.75 Å². The zero-order valence-corrected chi connectivity index (χ0v) is 10.3. The van der Waals surface area contributed by atoms with Gasteiger partial charge in [-0.3, -0.25) is 9.59 Å². The van der Waals surface area contributed by atoms with E-state index in [1.165, 1.54) is 19.1 Å². The first-order valence-corrected chi connectivity index (χ1v) is 5.80. The van der Waals surface area contributed by atoms with E-state index in [9.17, 15) is 14.7 Å². The highest BCUT2D eigenvalue weighted by atomic mass is 16.4. The van der Waals surface area contributed by atoms with Gasteiger partial charge in [0.1, 0.15) is 11.4 Å². The van der Waals surface area contributed by atoms with Crippen LogP contribution in [0.3, 0.4) is 0 Å². The molecule has 0 saturated carbocycles. The summed E-state index contributed by atoms with van der Waals surface area (Å²) in [5.74, 6) is -1.86. The Bertz CT molecular complexity index is 633. The minimum absolute atomic E-state index is 0.0643. The second-order valence-electron chi connectivity index (χ2n) is 4.40. The lowest BCUT2D eigenvalue weighted by Gasteiger charge is -2.06. The van der Waals surface area contributed by atoms with E-state index in [-0.39, 0.29) is 18.2 Å². The molecule has 19 heavy (non-hydrogen) atoms. The van der Waals surface area contributed by atoms with Gasteiger partial charge in [-0.05, 0) is 18.2 Å². The van der Waals surface area contributed by atoms with E-state index in [2.05, 4.69) is 10.3 Å². The zero-order valence-electron chi connectivity index (χ0n) is 10.3. The molecule has 0 spiro atoms. The third kappa shape index (κ3) is 2.85. The van der Waals surface area contributed by atoms with Gasteiger partial charge in [0.05, 0.1) is 5.92 Å². The van der Waals surface area contributed by atoms with Gasteiger partial charge in [0.25, 0.3) is 5.91 Å². The van der Waals surface area contributed by atoms with Crippen molar-refractivity contribution >= 4 is 22.8 Å². The molecule has 4 N–H and O–H groups in total. The van der Waals surface area contributed by atoms with Crippen LogP contribution >= 0.6 is 0 Å². The molecule has 1 heterocycles. The number of H-pyrrole nitrogens is 1. The van der Waals surface area contributed by atoms with Crippen molar-refractivity contribution in [1.29, 1.82) is 0 Å². The van der Waals surface area contributed by atoms with Gasteiger partial charge >= 0.3 is 5.97 Å². The van der Waals surface area contributed by atoms with Crippen molar-refractivity contribution in [3.63, 3.8) is 0 Å². The number of carboxylic acids is 1. The van der Waals surface area contributed by atoms with Crippen LogP contribution in [-0.2, 0) is 4.79 Å². The molecule has 2 aromatic rings. The highest BCUT2D eigenvalue weighted by Gasteiger charge is 2.14. The topological polar surface area (TPSA) is 102 Å². The lowest BCUT2D eigenvalue weighted by molar-refractivity contribution is -0.140. The lowest BCUT2D eigenvalue weighted by atomic mass is 10.2. The number of aromatic hydroxyl groups is 1. The predicted octanol–water partition coefficient (Wildman–Crippen LogP) is 1.32. The summed E-state index contributed by atoms with van der Waals surface area (Å²) in [5.41, 5.74) is 0.981. The second-order valence-corrected chi connectivity index (χ2v) is 4.40. The first kappa shape index (κ1) is 12.9. The number of rotatable bonds is 4. The summed E-state index contributed by atoms with van der Waals surface area (Å²) < 4.78 is 0. The summed E-state index contributed by atoms with van der Waals surface area (Å²) in [6, 6.07) is 6.39. The molecule has 1 unspecified atom stereocenters. The highest BCUT2D eigenvalue weighted by Crippen LogP contribution is 2.20. The van der Waals surface area contributed by atoms with Gasteiger partial charge in [0.15, 0.2) is 0 Å². The Morgan fingerprint density at radius 1 is 1.37 bits per heavy atom. The number of benzene rings is 1. The molecule has 0 aliphatic heterocycles. The number of fused-ring (bicyclic) bond motifs is 1. The van der Waals surface area contributed by atoms with E-state index >= 15 is 0 Å². The number of hydrogen-bond acceptors (Lipinski definition) is 3. The van der Waals surface area contributed by atoms with Crippen LogP contribution in [0, 0.1) is 5.92 Å². The Morgan fingerprint density at radius 2 is 2.11 bits per heavy atom. The molecule has 1 aromatic heterocycles. The van der Waals surface area contributed by atoms with Gasteiger partial charge in [-0.2, -0.15) is 0 Å². The summed E-state index contributed by atoms with van der Waals surface area (Å²) >= 11 is 0. The van der Waals surface area contributed by atoms with Gasteiger partial charge < -0.3 is 20.5 Å². The summed E-state index contributed by atoms with van der Waals surface area (Å²) in [5, 5.41) is 21.4. The molecule has 1 atom stereocenters. The van der Waals surface area contributed by atoms with E-state index in [1.807, 2.05) is 0 Å². The molecule has 1 amide bonds. The molecule has 100 valence electrons. The van der Waals surface area contributed by atoms with Crippen molar-refractivity contribution in [2.45, 2.75) is 6.92 Å². The maximum Gasteiger partial charge on any atom is 0.308 e. The first-order chi connectivity index (χ1) is 8.97. The lowest BCUT2D eigenvalue weighted by Crippen LogP contribution is -2.31. The monoisotopic (exact) mass is 262 g/mol. The van der Waals surface area contributed by atoms with Gasteiger partial charge in [-0.15, -0.1) is 0 Å². The molecule has 6 heteroatoms. The van der Waals surface area contributed by atoms with Crippen molar-refractivity contribution in [3.05, 3.63) is 30.0 Å². The normalized spacial score (nSPS) is 12.3. The van der Waals surface area contributed by atoms with Crippen LogP contribution in [0.25, 0.3) is 10.9 Å². The molecular weight excluding hydrogens is 248 g/mol. The van der Waals surface area contributed by atoms with Gasteiger partial charge in [-0.25, -0.2) is 0 Å². The van der Waals surface area contributed by atoms with E-state index < -0.39 is 11.9 Å². The Kier molecular flexibility index (Phi) is 3.41. The smallest absolute Gasteiger partial charge is 0.308 e. The number of carbonyl (C=O) groups is 2. The number of carbonyl (C=O) groups excluding carboxylic acids is 1. The average Bonchev–Trinajstić information content (AvgIpc) is 2.78. The Labute approximate surface area is 109 Å². The highest BCUT2D eigenvalue weighted by molar-refractivity contribution is 5.98. The quantitative estimate of drug-likeness (QED) is 0.667. The van der Waals surface area contributed by atoms with Crippen LogP contribution in [0.1, 0.15) is 17.4 Å². The predicted molar refractivity (Wildman–Crippen MR) is 69.1 cm³/mol. The number of phenolic OH excluding ortho intramolecular Hbond substituents is 1. The Hall–Kier alpha value is -2.50. The maximum atomic E-state index is 11.8. The third-order valence-corrected chi connectivity index (χ3v) is 2.84. The number of aromatic nitrogens is 1. The average molecular weight is 262 g/mol. The van der Waals surface area contributed by atoms with Gasteiger partial charge in [0, 0.05) is 23.5 Å². The SMILES string of the molecule is CC(CNC(=O)c1cc2ccc(O)cc2[nH]1)C(=O)O. The Balaban J connectivity index is 2.11. The fourth-order valence-corrected chi connectivity index (χ4v) is 1.67. The van der Waals surface area contributed by atoms with E-state index in [0.717, 1.165) is 5.39 Å². The molecule has 0 radical (unpaired) electrons. The number of nitrogens with one attached hydrogen (secondary N) is 2. The van der Waals surface area contributed by atoms with Crippen molar-refractivity contribution in [1.82, 2.24) is 10.3 Å². The minimum atomic E-state index is -0.957. The third-order valence-electron chi connectivity index (χ3n) is 2.84. The fourth-order valence-electron chi connectivity index (χ4n) is 1.67. The van der Waals surface area contributed by atoms with Crippen LogP contribution in [0.5, 0.6) is 5.75 Å². The molecule has 0 fully saturated rings. The largest absolute Gasteiger partial charge is 0.508 e. The molecule has 6 nitrogen and oxygen atoms in total. The van der Waals surface area contributed by atoms with E-state index in [4.69, 9.17) is 5.11 Å². The molecule has 2 rings (SSSR count). The number of aromatic amines is 1. The fraction of sp³-hybridized carbons (Fsp3) is 0.231. The molecule has 0 aliphatic rings. The second kappa shape index (κ2) is 5.01. The van der Waals surface area contributed by atoms with Crippen LogP contribution in [0.4, 0.5) is 0 Å². The number of hydrogen-bond donors (Lipinski definition) is 4. The molecule has 1 aromatic carbocycles. The standard InChI is InChI=1S/C13H14N2O4/c1-7(13(18)19)6-14-12(17)11-4-8-2-3-9(16)5-10(8)15-11/h2-5,7,15-16H,6H2,1H3,(H,14,17)(H,18,19). The van der Waals surface area contributed by atoms with Crippen molar-refractivity contribution < 1.29 is 19.8 Å². The number of phenols is 1. The summed E-state index contributed by atoms with van der Waals surface area (Å²) in [4.78, 5) is 25.3. The Morgan fingerprint density at radius 3 is 2.79 bits per heavy atom. The molecule has 0 saturated heterocycles. The minimum Gasteiger partial charge on any atom is -0.508 e. The van der Waals surface area contributed by atoms with Crippen LogP contribution in [-0.4, -0.2) is 33.6 Å². The van der Waals surface area contributed by atoms with Crippen LogP contribution in [0.15, 0.2) is 24.3 Å². The maximum absolute atomic E-state index is 11.8. The summed E-state index contributed by atoms with van der Waals surface area (Å²) in [7, 11) is 0. The number of amides is 1. The van der Waals surface area contributed by atoms with Gasteiger partial charge in [0.2, 0.25) is 0 Å². The molecule has 0 aliphatic carbocycles. The summed E-state index contributed by atoms with van der Waals surface area (Å²) in [6.45, 7) is 1.58. The van der Waals surface area contributed by atoms with Crippen molar-refractivity contribution in [2.24, 2.45) is 5.92 Å². The number of carboxylic acid groups (broad SMARTS) is 1. The zero-order chi connectivity index (χ0) is 14.0. The van der Waals surface area contributed by atoms with E-state index in [1.54, 1.807) is 12.1 Å². The number of aliphatic carboxylic acids is 1. The molecule has 0 bridgehead atoms. The van der Waals surface area contributed by atoms with Crippen LogP contribution < -0.4 is 5.32 Å². The first-order valence-electron chi connectivity index (χ1n) is 5.80. The van der Waals surface area contributed by atoms with Crippen LogP contribution in [0.2, 0.25) is 0 Å².